The number of carbonyl (C=O) groups is 1. The standard InChI is InChI=1S/C12H12F3N3O/c1-8(19)17-4-5-18-10-2-3-11(12(13,14)15)9(6-10)7-16/h2-3,6,18H,4-5H2,1H3,(H,17,19). The van der Waals surface area contributed by atoms with E-state index in [1.807, 2.05) is 0 Å². The molecule has 1 aromatic rings. The number of hydrogen-bond acceptors (Lipinski definition) is 3. The number of rotatable bonds is 4. The molecule has 4 nitrogen and oxygen atoms in total. The van der Waals surface area contributed by atoms with Gasteiger partial charge in [0.05, 0.1) is 17.2 Å². The van der Waals surface area contributed by atoms with Crippen LogP contribution < -0.4 is 10.6 Å². The fourth-order valence-corrected chi connectivity index (χ4v) is 1.44. The van der Waals surface area contributed by atoms with Gasteiger partial charge in [0.25, 0.3) is 0 Å². The number of alkyl halides is 3. The summed E-state index contributed by atoms with van der Waals surface area (Å²) in [5, 5.41) is 14.1. The maximum absolute atomic E-state index is 12.5. The number of amides is 1. The number of anilines is 1. The molecule has 0 aliphatic heterocycles. The fourth-order valence-electron chi connectivity index (χ4n) is 1.44. The van der Waals surface area contributed by atoms with E-state index in [0.29, 0.717) is 18.8 Å². The van der Waals surface area contributed by atoms with Gasteiger partial charge in [0, 0.05) is 25.7 Å². The zero-order chi connectivity index (χ0) is 14.5. The molecule has 102 valence electrons. The lowest BCUT2D eigenvalue weighted by atomic mass is 10.1. The molecule has 19 heavy (non-hydrogen) atoms. The molecule has 2 N–H and O–H groups in total. The van der Waals surface area contributed by atoms with Crippen LogP contribution in [0.25, 0.3) is 0 Å². The molecule has 1 rings (SSSR count). The maximum atomic E-state index is 12.5. The van der Waals surface area contributed by atoms with Crippen molar-refractivity contribution in [1.82, 2.24) is 5.32 Å². The van der Waals surface area contributed by atoms with Crippen molar-refractivity contribution in [2.24, 2.45) is 0 Å². The third-order valence-electron chi connectivity index (χ3n) is 2.27. The Bertz CT molecular complexity index is 506. The minimum absolute atomic E-state index is 0.188. The van der Waals surface area contributed by atoms with Crippen molar-refractivity contribution >= 4 is 11.6 Å². The van der Waals surface area contributed by atoms with E-state index >= 15 is 0 Å². The van der Waals surface area contributed by atoms with E-state index in [0.717, 1.165) is 12.1 Å². The minimum Gasteiger partial charge on any atom is -0.383 e. The molecule has 0 aliphatic carbocycles. The molecular weight excluding hydrogens is 259 g/mol. The fraction of sp³-hybridized carbons (Fsp3) is 0.333. The van der Waals surface area contributed by atoms with Crippen molar-refractivity contribution < 1.29 is 18.0 Å². The van der Waals surface area contributed by atoms with Crippen LogP contribution in [0.3, 0.4) is 0 Å². The van der Waals surface area contributed by atoms with E-state index in [2.05, 4.69) is 10.6 Å². The molecule has 0 saturated heterocycles. The number of nitrogens with one attached hydrogen (secondary N) is 2. The first-order chi connectivity index (χ1) is 8.84. The third kappa shape index (κ3) is 4.50. The van der Waals surface area contributed by atoms with Crippen LogP contribution in [0.4, 0.5) is 18.9 Å². The van der Waals surface area contributed by atoms with Crippen LogP contribution in [0.5, 0.6) is 0 Å². The van der Waals surface area contributed by atoms with Gasteiger partial charge >= 0.3 is 6.18 Å². The highest BCUT2D eigenvalue weighted by atomic mass is 19.4. The highest BCUT2D eigenvalue weighted by Crippen LogP contribution is 2.32. The summed E-state index contributed by atoms with van der Waals surface area (Å²) in [7, 11) is 0. The number of halogens is 3. The number of nitrogens with zero attached hydrogens (tertiary/aromatic N) is 1. The number of benzene rings is 1. The van der Waals surface area contributed by atoms with E-state index in [9.17, 15) is 18.0 Å². The number of nitriles is 1. The smallest absolute Gasteiger partial charge is 0.383 e. The summed E-state index contributed by atoms with van der Waals surface area (Å²) in [4.78, 5) is 10.6. The number of carbonyl (C=O) groups excluding carboxylic acids is 1. The summed E-state index contributed by atoms with van der Waals surface area (Å²) in [5.41, 5.74) is -0.991. The zero-order valence-corrected chi connectivity index (χ0v) is 10.1. The summed E-state index contributed by atoms with van der Waals surface area (Å²) in [5.74, 6) is -0.188. The third-order valence-corrected chi connectivity index (χ3v) is 2.27. The summed E-state index contributed by atoms with van der Waals surface area (Å²) in [6.07, 6.45) is -4.54. The van der Waals surface area contributed by atoms with Gasteiger partial charge in [-0.25, -0.2) is 0 Å². The van der Waals surface area contributed by atoms with Crippen LogP contribution in [0.1, 0.15) is 18.1 Å². The van der Waals surface area contributed by atoms with Crippen LogP contribution in [0, 0.1) is 11.3 Å². The Labute approximate surface area is 108 Å². The molecule has 0 aromatic heterocycles. The maximum Gasteiger partial charge on any atom is 0.417 e. The summed E-state index contributed by atoms with van der Waals surface area (Å²) < 4.78 is 37.6. The van der Waals surface area contributed by atoms with Crippen molar-refractivity contribution in [2.75, 3.05) is 18.4 Å². The van der Waals surface area contributed by atoms with Gasteiger partial charge in [-0.1, -0.05) is 0 Å². The quantitative estimate of drug-likeness (QED) is 0.824. The van der Waals surface area contributed by atoms with Crippen molar-refractivity contribution in [1.29, 1.82) is 5.26 Å². The van der Waals surface area contributed by atoms with Crippen molar-refractivity contribution in [3.05, 3.63) is 29.3 Å². The molecule has 0 radical (unpaired) electrons. The normalized spacial score (nSPS) is 10.7. The van der Waals surface area contributed by atoms with Gasteiger partial charge < -0.3 is 10.6 Å². The molecule has 0 aliphatic rings. The molecule has 0 fully saturated rings. The van der Waals surface area contributed by atoms with Gasteiger partial charge in [-0.15, -0.1) is 0 Å². The van der Waals surface area contributed by atoms with Crippen LogP contribution in [-0.2, 0) is 11.0 Å². The van der Waals surface area contributed by atoms with Gasteiger partial charge in [0.15, 0.2) is 0 Å². The Hall–Kier alpha value is -2.23. The summed E-state index contributed by atoms with van der Waals surface area (Å²) in [6.45, 7) is 2.07. The molecule has 0 saturated carbocycles. The van der Waals surface area contributed by atoms with Crippen LogP contribution in [-0.4, -0.2) is 19.0 Å². The highest BCUT2D eigenvalue weighted by molar-refractivity contribution is 5.72. The van der Waals surface area contributed by atoms with Gasteiger partial charge in [-0.3, -0.25) is 4.79 Å². The monoisotopic (exact) mass is 271 g/mol. The summed E-state index contributed by atoms with van der Waals surface area (Å²) in [6, 6.07) is 4.76. The Balaban J connectivity index is 2.73. The molecule has 0 unspecified atom stereocenters. The van der Waals surface area contributed by atoms with Crippen molar-refractivity contribution in [2.45, 2.75) is 13.1 Å². The molecule has 0 atom stereocenters. The van der Waals surface area contributed by atoms with E-state index in [1.54, 1.807) is 0 Å². The zero-order valence-electron chi connectivity index (χ0n) is 10.1. The molecule has 0 heterocycles. The van der Waals surface area contributed by atoms with Crippen molar-refractivity contribution in [3.63, 3.8) is 0 Å². The largest absolute Gasteiger partial charge is 0.417 e. The second kappa shape index (κ2) is 6.09. The predicted octanol–water partition coefficient (Wildman–Crippen LogP) is 2.13. The molecule has 0 bridgehead atoms. The second-order valence-corrected chi connectivity index (χ2v) is 3.78. The van der Waals surface area contributed by atoms with Gasteiger partial charge in [0.1, 0.15) is 0 Å². The molecular formula is C12H12F3N3O. The first-order valence-corrected chi connectivity index (χ1v) is 5.44. The van der Waals surface area contributed by atoms with E-state index in [1.165, 1.54) is 19.1 Å². The van der Waals surface area contributed by atoms with Gasteiger partial charge in [-0.05, 0) is 18.2 Å². The Kier molecular flexibility index (Phi) is 4.75. The Morgan fingerprint density at radius 3 is 2.58 bits per heavy atom. The molecule has 0 spiro atoms. The first kappa shape index (κ1) is 14.8. The SMILES string of the molecule is CC(=O)NCCNc1ccc(C(F)(F)F)c(C#N)c1. The molecule has 1 amide bonds. The predicted molar refractivity (Wildman–Crippen MR) is 63.3 cm³/mol. The molecule has 7 heteroatoms. The van der Waals surface area contributed by atoms with Crippen LogP contribution >= 0.6 is 0 Å². The van der Waals surface area contributed by atoms with Gasteiger partial charge in [-0.2, -0.15) is 18.4 Å². The van der Waals surface area contributed by atoms with Crippen LogP contribution in [0.2, 0.25) is 0 Å². The van der Waals surface area contributed by atoms with E-state index < -0.39 is 17.3 Å². The lowest BCUT2D eigenvalue weighted by Gasteiger charge is -2.11. The van der Waals surface area contributed by atoms with Crippen LogP contribution in [0.15, 0.2) is 18.2 Å². The van der Waals surface area contributed by atoms with Crippen molar-refractivity contribution in [3.8, 4) is 6.07 Å². The topological polar surface area (TPSA) is 64.9 Å². The van der Waals surface area contributed by atoms with E-state index in [-0.39, 0.29) is 5.91 Å². The average Bonchev–Trinajstić information content (AvgIpc) is 2.32. The summed E-state index contributed by atoms with van der Waals surface area (Å²) >= 11 is 0. The lowest BCUT2D eigenvalue weighted by molar-refractivity contribution is -0.137. The first-order valence-electron chi connectivity index (χ1n) is 5.44. The van der Waals surface area contributed by atoms with Gasteiger partial charge in [0.2, 0.25) is 5.91 Å². The highest BCUT2D eigenvalue weighted by Gasteiger charge is 2.33. The molecule has 1 aromatic carbocycles. The number of hydrogen-bond donors (Lipinski definition) is 2. The lowest BCUT2D eigenvalue weighted by Crippen LogP contribution is -2.26. The average molecular weight is 271 g/mol. The Morgan fingerprint density at radius 2 is 2.05 bits per heavy atom. The Morgan fingerprint density at radius 1 is 1.37 bits per heavy atom. The van der Waals surface area contributed by atoms with E-state index in [4.69, 9.17) is 5.26 Å². The second-order valence-electron chi connectivity index (χ2n) is 3.78. The minimum atomic E-state index is -4.54.